The minimum Gasteiger partial charge on any atom is -0.481 e. The highest BCUT2D eigenvalue weighted by Gasteiger charge is 2.37. The van der Waals surface area contributed by atoms with Gasteiger partial charge >= 0.3 is 17.9 Å². The topological polar surface area (TPSA) is 115 Å². The van der Waals surface area contributed by atoms with Crippen LogP contribution in [0.4, 0.5) is 5.69 Å². The molecule has 0 spiro atoms. The third-order valence-electron chi connectivity index (χ3n) is 14.8. The normalized spacial score (nSPS) is 12.7. The van der Waals surface area contributed by atoms with E-state index < -0.39 is 23.3 Å². The second-order valence-corrected chi connectivity index (χ2v) is 25.9. The molecule has 1 atom stereocenters. The lowest BCUT2D eigenvalue weighted by molar-refractivity contribution is -0.148. The van der Waals surface area contributed by atoms with Gasteiger partial charge in [-0.1, -0.05) is 264 Å². The number of para-hydroxylation sites is 1. The summed E-state index contributed by atoms with van der Waals surface area (Å²) in [5.41, 5.74) is 0.679. The van der Waals surface area contributed by atoms with E-state index in [2.05, 4.69) is 49.3 Å². The summed E-state index contributed by atoms with van der Waals surface area (Å²) in [4.78, 5) is 36.3. The van der Waals surface area contributed by atoms with Crippen molar-refractivity contribution in [2.24, 2.45) is 11.3 Å². The Morgan fingerprint density at radius 2 is 0.918 bits per heavy atom. The first-order chi connectivity index (χ1) is 35.7. The molecule has 7 nitrogen and oxygen atoms in total. The zero-order valence-corrected chi connectivity index (χ0v) is 50.7. The van der Waals surface area contributed by atoms with Crippen LogP contribution < -0.4 is 4.31 Å². The van der Waals surface area contributed by atoms with Gasteiger partial charge in [-0.3, -0.25) is 14.4 Å². The first-order valence-corrected chi connectivity index (χ1v) is 34.9. The van der Waals surface area contributed by atoms with Gasteiger partial charge in [0, 0.05) is 22.2 Å². The molecule has 0 saturated carbocycles. The zero-order chi connectivity index (χ0) is 53.1. The van der Waals surface area contributed by atoms with Crippen molar-refractivity contribution in [1.82, 2.24) is 0 Å². The maximum absolute atomic E-state index is 12.8. The molecule has 3 N–H and O–H groups in total. The van der Waals surface area contributed by atoms with Crippen molar-refractivity contribution in [2.75, 3.05) is 38.9 Å². The molecule has 1 unspecified atom stereocenters. The second-order valence-electron chi connectivity index (χ2n) is 21.5. The van der Waals surface area contributed by atoms with E-state index in [0.29, 0.717) is 11.5 Å². The average Bonchev–Trinajstić information content (AvgIpc) is 3.80. The molecule has 2 rings (SSSR count). The highest BCUT2D eigenvalue weighted by atomic mass is 32.2. The summed E-state index contributed by atoms with van der Waals surface area (Å²) >= 11 is 7.13. The summed E-state index contributed by atoms with van der Waals surface area (Å²) in [6.45, 7) is 6.81. The smallest absolute Gasteiger partial charge is 0.310 e. The molecule has 0 fully saturated rings. The Morgan fingerprint density at radius 1 is 0.521 bits per heavy atom. The maximum Gasteiger partial charge on any atom is 0.310 e. The molecule has 1 aromatic rings. The van der Waals surface area contributed by atoms with Crippen LogP contribution in [0.3, 0.4) is 0 Å². The van der Waals surface area contributed by atoms with Gasteiger partial charge in [0.2, 0.25) is 0 Å². The largest absolute Gasteiger partial charge is 0.481 e. The number of carboxylic acids is 3. The summed E-state index contributed by atoms with van der Waals surface area (Å²) < 4.78 is 2.24. The predicted molar refractivity (Wildman–Crippen MR) is 327 cm³/mol. The Kier molecular flexibility index (Phi) is 49.3. The van der Waals surface area contributed by atoms with E-state index in [-0.39, 0.29) is 12.3 Å². The third-order valence-corrected chi connectivity index (χ3v) is 19.6. The number of carbonyl (C=O) groups is 3. The molecule has 11 heteroatoms. The summed E-state index contributed by atoms with van der Waals surface area (Å²) in [6.07, 6.45) is 51.9. The fourth-order valence-electron chi connectivity index (χ4n) is 9.87. The SMILES string of the molecule is CCCCCCCCCCCCC(CSN1CSc2ccccc21)C(=O)O.CCCCCCCCCCCCCCC(CCCCCCCCCCCCCC)(CSCCCCCCSCCC(=O)O)C(=O)O. The number of nitrogens with zero attached hydrogens (tertiary/aromatic N) is 1. The molecule has 0 amide bonds. The van der Waals surface area contributed by atoms with Crippen molar-refractivity contribution in [3.63, 3.8) is 0 Å². The quantitative estimate of drug-likeness (QED) is 0.0428. The van der Waals surface area contributed by atoms with Crippen LogP contribution >= 0.6 is 47.2 Å². The summed E-state index contributed by atoms with van der Waals surface area (Å²) in [7, 11) is 0. The molecule has 1 aliphatic rings. The van der Waals surface area contributed by atoms with E-state index in [4.69, 9.17) is 5.11 Å². The number of fused-ring (bicyclic) bond motifs is 1. The molecule has 1 heterocycles. The van der Waals surface area contributed by atoms with E-state index >= 15 is 0 Å². The molecule has 0 saturated heterocycles. The highest BCUT2D eigenvalue weighted by Crippen LogP contribution is 2.42. The summed E-state index contributed by atoms with van der Waals surface area (Å²) in [6, 6.07) is 8.38. The van der Waals surface area contributed by atoms with Crippen LogP contribution in [-0.2, 0) is 14.4 Å². The number of thioether (sulfide) groups is 3. The maximum atomic E-state index is 12.8. The molecule has 426 valence electrons. The summed E-state index contributed by atoms with van der Waals surface area (Å²) in [5.74, 6) is 3.02. The number of rotatable bonds is 54. The monoisotopic (exact) mass is 1100 g/mol. The Labute approximate surface area is 467 Å². The van der Waals surface area contributed by atoms with Gasteiger partial charge in [0.25, 0.3) is 0 Å². The van der Waals surface area contributed by atoms with Gasteiger partial charge in [-0.05, 0) is 67.7 Å². The van der Waals surface area contributed by atoms with Crippen molar-refractivity contribution in [1.29, 1.82) is 0 Å². The first-order valence-electron chi connectivity index (χ1n) is 30.7. The van der Waals surface area contributed by atoms with Gasteiger partial charge in [0.1, 0.15) is 0 Å². The van der Waals surface area contributed by atoms with Crippen molar-refractivity contribution in [2.45, 2.75) is 295 Å². The molecular formula is C62H113NO6S4. The van der Waals surface area contributed by atoms with Gasteiger partial charge < -0.3 is 19.6 Å². The Bertz CT molecular complexity index is 1390. The molecule has 0 aromatic heterocycles. The second kappa shape index (κ2) is 51.6. The summed E-state index contributed by atoms with van der Waals surface area (Å²) in [5, 5.41) is 28.8. The van der Waals surface area contributed by atoms with Gasteiger partial charge in [-0.2, -0.15) is 23.5 Å². The van der Waals surface area contributed by atoms with Gasteiger partial charge in [-0.15, -0.1) is 11.8 Å². The molecule has 73 heavy (non-hydrogen) atoms. The Morgan fingerprint density at radius 3 is 1.34 bits per heavy atom. The molecule has 0 radical (unpaired) electrons. The lowest BCUT2D eigenvalue weighted by atomic mass is 9.79. The van der Waals surface area contributed by atoms with E-state index in [1.807, 2.05) is 23.5 Å². The highest BCUT2D eigenvalue weighted by molar-refractivity contribution is 8.05. The molecule has 1 aliphatic heterocycles. The minimum absolute atomic E-state index is 0.234. The molecule has 0 aliphatic carbocycles. The number of anilines is 1. The average molecular weight is 1100 g/mol. The van der Waals surface area contributed by atoms with E-state index in [0.717, 1.165) is 74.5 Å². The fourth-order valence-corrected chi connectivity index (χ4v) is 14.5. The van der Waals surface area contributed by atoms with Crippen LogP contribution in [0.2, 0.25) is 0 Å². The zero-order valence-electron chi connectivity index (χ0n) is 47.5. The third kappa shape index (κ3) is 40.7. The number of benzene rings is 1. The van der Waals surface area contributed by atoms with Crippen molar-refractivity contribution < 1.29 is 29.7 Å². The lowest BCUT2D eigenvalue weighted by Crippen LogP contribution is -2.34. The molecule has 0 bridgehead atoms. The van der Waals surface area contributed by atoms with Gasteiger partial charge in [0.05, 0.1) is 29.3 Å². The minimum atomic E-state index is -0.709. The molecular weight excluding hydrogens is 983 g/mol. The Hall–Kier alpha value is -1.17. The number of aliphatic carboxylic acids is 3. The van der Waals surface area contributed by atoms with Crippen LogP contribution in [0.15, 0.2) is 29.2 Å². The van der Waals surface area contributed by atoms with Crippen molar-refractivity contribution in [3.8, 4) is 0 Å². The van der Waals surface area contributed by atoms with Crippen molar-refractivity contribution >= 4 is 70.8 Å². The fraction of sp³-hybridized carbons (Fsp3) is 0.855. The van der Waals surface area contributed by atoms with Gasteiger partial charge in [-0.25, -0.2) is 0 Å². The Balaban J connectivity index is 0.000000831. The van der Waals surface area contributed by atoms with Crippen molar-refractivity contribution in [3.05, 3.63) is 24.3 Å². The van der Waals surface area contributed by atoms with Crippen LogP contribution in [-0.4, -0.2) is 67.9 Å². The van der Waals surface area contributed by atoms with Crippen LogP contribution in [0.25, 0.3) is 0 Å². The van der Waals surface area contributed by atoms with E-state index in [1.54, 1.807) is 23.7 Å². The molecule has 1 aromatic carbocycles. The predicted octanol–water partition coefficient (Wildman–Crippen LogP) is 21.0. The van der Waals surface area contributed by atoms with E-state index in [1.165, 1.54) is 222 Å². The number of hydrogen-bond donors (Lipinski definition) is 3. The number of carboxylic acid groups (broad SMARTS) is 3. The van der Waals surface area contributed by atoms with Crippen LogP contribution in [0.1, 0.15) is 290 Å². The van der Waals surface area contributed by atoms with Gasteiger partial charge in [0.15, 0.2) is 0 Å². The standard InChI is InChI=1S/C40H78O4S2.C22H35NO2S2/c1-3-5-7-9-11-13-15-17-19-21-23-27-32-40(39(43)44,33-28-24-22-20-18-16-14-12-10-8-6-4-2)37-46-35-30-26-25-29-34-45-36-31-38(41)42;1-2-3-4-5-6-7-8-9-10-11-14-19(22(24)25)17-27-23-18-26-21-16-13-12-15-20(21)23/h3-37H2,1-2H3,(H,41,42)(H,43,44);12-13,15-16,19H,2-11,14,17-18H2,1H3,(H,24,25). The lowest BCUT2D eigenvalue weighted by Gasteiger charge is -2.29. The van der Waals surface area contributed by atoms with Crippen LogP contribution in [0, 0.1) is 11.3 Å². The first kappa shape index (κ1) is 69.8. The number of unbranched alkanes of at least 4 members (excludes halogenated alkanes) is 34. The van der Waals surface area contributed by atoms with E-state index in [9.17, 15) is 24.6 Å². The van der Waals surface area contributed by atoms with Crippen LogP contribution in [0.5, 0.6) is 0 Å². The number of hydrogen-bond acceptors (Lipinski definition) is 8.